The summed E-state index contributed by atoms with van der Waals surface area (Å²) >= 11 is 4.49. The van der Waals surface area contributed by atoms with Crippen LogP contribution < -0.4 is 0 Å². The maximum atomic E-state index is 5.39. The highest BCUT2D eigenvalue weighted by molar-refractivity contribution is 7.78. The van der Waals surface area contributed by atoms with Gasteiger partial charge < -0.3 is 4.74 Å². The van der Waals surface area contributed by atoms with Gasteiger partial charge in [-0.3, -0.25) is 0 Å². The Morgan fingerprint density at radius 1 is 1.80 bits per heavy atom. The van der Waals surface area contributed by atoms with Gasteiger partial charge in [0.2, 0.25) is 0 Å². The zero-order valence-electron chi connectivity index (χ0n) is 6.04. The second-order valence-corrected chi connectivity index (χ2v) is 2.70. The van der Waals surface area contributed by atoms with E-state index in [1.165, 1.54) is 0 Å². The predicted octanol–water partition coefficient (Wildman–Crippen LogP) is 1.66. The lowest BCUT2D eigenvalue weighted by molar-refractivity contribution is 0.0955. The Kier molecular flexibility index (Phi) is 3.00. The topological polar surface area (TPSA) is 21.6 Å². The third kappa shape index (κ3) is 1.87. The number of rotatable bonds is 2. The van der Waals surface area contributed by atoms with Crippen molar-refractivity contribution in [3.8, 4) is 0 Å². The summed E-state index contributed by atoms with van der Waals surface area (Å²) in [6.07, 6.45) is 2.55. The average Bonchev–Trinajstić information content (AvgIpc) is 2.38. The second kappa shape index (κ2) is 3.81. The van der Waals surface area contributed by atoms with Crippen molar-refractivity contribution in [1.29, 1.82) is 0 Å². The molecule has 2 nitrogen and oxygen atoms in total. The van der Waals surface area contributed by atoms with Crippen molar-refractivity contribution in [2.24, 2.45) is 4.99 Å². The van der Waals surface area contributed by atoms with Crippen LogP contribution in [0.2, 0.25) is 0 Å². The molecule has 0 saturated carbocycles. The lowest BCUT2D eigenvalue weighted by Crippen LogP contribution is -2.19. The Bertz CT molecular complexity index is 148. The third-order valence-electron chi connectivity index (χ3n) is 1.76. The largest absolute Gasteiger partial charge is 0.376 e. The van der Waals surface area contributed by atoms with Gasteiger partial charge in [0, 0.05) is 6.61 Å². The summed E-state index contributed by atoms with van der Waals surface area (Å²) in [6.45, 7) is 2.89. The molecule has 10 heavy (non-hydrogen) atoms. The minimum atomic E-state index is 0.194. The highest BCUT2D eigenvalue weighted by Gasteiger charge is 2.21. The molecule has 0 bridgehead atoms. The lowest BCUT2D eigenvalue weighted by Gasteiger charge is -2.11. The van der Waals surface area contributed by atoms with Crippen LogP contribution in [-0.2, 0) is 4.74 Å². The van der Waals surface area contributed by atoms with E-state index in [2.05, 4.69) is 22.4 Å². The first-order valence-corrected chi connectivity index (χ1v) is 3.94. The summed E-state index contributed by atoms with van der Waals surface area (Å²) < 4.78 is 5.39. The van der Waals surface area contributed by atoms with E-state index in [0.717, 1.165) is 19.4 Å². The van der Waals surface area contributed by atoms with Crippen molar-refractivity contribution in [1.82, 2.24) is 0 Å². The van der Waals surface area contributed by atoms with Gasteiger partial charge in [-0.05, 0) is 32.0 Å². The molecule has 0 amide bonds. The molecule has 0 aromatic carbocycles. The molecule has 2 unspecified atom stereocenters. The number of hydrogen-bond donors (Lipinski definition) is 0. The van der Waals surface area contributed by atoms with Gasteiger partial charge in [0.1, 0.15) is 0 Å². The summed E-state index contributed by atoms with van der Waals surface area (Å²) in [5.41, 5.74) is 0. The summed E-state index contributed by atoms with van der Waals surface area (Å²) in [4.78, 5) is 3.95. The molecular formula is C7H11NOS. The van der Waals surface area contributed by atoms with Crippen LogP contribution in [0.3, 0.4) is 0 Å². The molecule has 0 spiro atoms. The van der Waals surface area contributed by atoms with E-state index in [9.17, 15) is 0 Å². The number of isothiocyanates is 1. The summed E-state index contributed by atoms with van der Waals surface area (Å²) in [5, 5.41) is 2.37. The van der Waals surface area contributed by atoms with Gasteiger partial charge in [0.15, 0.2) is 0 Å². The Morgan fingerprint density at radius 3 is 3.10 bits per heavy atom. The monoisotopic (exact) mass is 157 g/mol. The SMILES string of the molecule is CC(N=C=S)C1CCCO1. The molecule has 1 aliphatic heterocycles. The quantitative estimate of drug-likeness (QED) is 0.449. The number of thiocarbonyl (C=S) groups is 1. The van der Waals surface area contributed by atoms with E-state index in [-0.39, 0.29) is 12.1 Å². The van der Waals surface area contributed by atoms with Crippen molar-refractivity contribution >= 4 is 17.4 Å². The van der Waals surface area contributed by atoms with Gasteiger partial charge in [0.25, 0.3) is 0 Å². The molecule has 1 aliphatic rings. The van der Waals surface area contributed by atoms with Crippen molar-refractivity contribution < 1.29 is 4.74 Å². The fourth-order valence-electron chi connectivity index (χ4n) is 1.15. The molecule has 3 heteroatoms. The second-order valence-electron chi connectivity index (χ2n) is 2.51. The first-order chi connectivity index (χ1) is 4.84. The van der Waals surface area contributed by atoms with E-state index in [0.29, 0.717) is 0 Å². The van der Waals surface area contributed by atoms with Crippen molar-refractivity contribution in [3.63, 3.8) is 0 Å². The zero-order valence-corrected chi connectivity index (χ0v) is 6.86. The number of ether oxygens (including phenoxy) is 1. The Labute approximate surface area is 66.3 Å². The zero-order chi connectivity index (χ0) is 7.40. The van der Waals surface area contributed by atoms with E-state index < -0.39 is 0 Å². The highest BCUT2D eigenvalue weighted by Crippen LogP contribution is 2.16. The van der Waals surface area contributed by atoms with Gasteiger partial charge in [-0.2, -0.15) is 0 Å². The molecule has 0 aliphatic carbocycles. The lowest BCUT2D eigenvalue weighted by atomic mass is 10.1. The summed E-state index contributed by atoms with van der Waals surface area (Å²) in [7, 11) is 0. The smallest absolute Gasteiger partial charge is 0.0836 e. The Hall–Kier alpha value is -0.240. The van der Waals surface area contributed by atoms with Crippen LogP contribution in [-0.4, -0.2) is 23.9 Å². The van der Waals surface area contributed by atoms with Crippen LogP contribution in [0.25, 0.3) is 0 Å². The van der Waals surface area contributed by atoms with Gasteiger partial charge >= 0.3 is 0 Å². The Morgan fingerprint density at radius 2 is 2.60 bits per heavy atom. The third-order valence-corrected chi connectivity index (χ3v) is 1.86. The molecular weight excluding hydrogens is 146 g/mol. The van der Waals surface area contributed by atoms with Crippen molar-refractivity contribution in [3.05, 3.63) is 0 Å². The average molecular weight is 157 g/mol. The first-order valence-electron chi connectivity index (χ1n) is 3.53. The fourth-order valence-corrected chi connectivity index (χ4v) is 1.32. The normalized spacial score (nSPS) is 27.5. The first kappa shape index (κ1) is 7.86. The molecule has 1 heterocycles. The molecule has 0 radical (unpaired) electrons. The van der Waals surface area contributed by atoms with Crippen LogP contribution in [0.5, 0.6) is 0 Å². The van der Waals surface area contributed by atoms with Crippen LogP contribution in [0.4, 0.5) is 0 Å². The van der Waals surface area contributed by atoms with Crippen molar-refractivity contribution in [2.75, 3.05) is 6.61 Å². The number of hydrogen-bond acceptors (Lipinski definition) is 3. The maximum Gasteiger partial charge on any atom is 0.0836 e. The molecule has 1 rings (SSSR count). The van der Waals surface area contributed by atoms with Crippen LogP contribution >= 0.6 is 12.2 Å². The molecule has 56 valence electrons. The minimum Gasteiger partial charge on any atom is -0.376 e. The standard InChI is InChI=1S/C7H11NOS/c1-6(8-5-10)7-3-2-4-9-7/h6-7H,2-4H2,1H3. The number of aliphatic imine (C=N–C) groups is 1. The highest BCUT2D eigenvalue weighted by atomic mass is 32.1. The maximum absolute atomic E-state index is 5.39. The molecule has 0 aromatic rings. The van der Waals surface area contributed by atoms with Gasteiger partial charge in [-0.25, -0.2) is 4.99 Å². The van der Waals surface area contributed by atoms with E-state index >= 15 is 0 Å². The van der Waals surface area contributed by atoms with Crippen LogP contribution in [0.15, 0.2) is 4.99 Å². The minimum absolute atomic E-state index is 0.194. The van der Waals surface area contributed by atoms with Gasteiger partial charge in [-0.1, -0.05) is 0 Å². The molecule has 0 N–H and O–H groups in total. The molecule has 1 saturated heterocycles. The van der Waals surface area contributed by atoms with E-state index in [1.807, 2.05) is 6.92 Å². The van der Waals surface area contributed by atoms with Crippen molar-refractivity contribution in [2.45, 2.75) is 31.9 Å². The van der Waals surface area contributed by atoms with Gasteiger partial charge in [0.05, 0.1) is 17.3 Å². The van der Waals surface area contributed by atoms with E-state index in [1.54, 1.807) is 0 Å². The molecule has 2 atom stereocenters. The Balaban J connectivity index is 2.39. The van der Waals surface area contributed by atoms with Crippen LogP contribution in [0.1, 0.15) is 19.8 Å². The van der Waals surface area contributed by atoms with E-state index in [4.69, 9.17) is 4.74 Å². The number of nitrogens with zero attached hydrogens (tertiary/aromatic N) is 1. The van der Waals surface area contributed by atoms with Crippen LogP contribution in [0, 0.1) is 0 Å². The molecule has 0 aromatic heterocycles. The predicted molar refractivity (Wildman–Crippen MR) is 43.5 cm³/mol. The molecule has 1 fully saturated rings. The summed E-state index contributed by atoms with van der Waals surface area (Å²) in [5.74, 6) is 0. The van der Waals surface area contributed by atoms with Gasteiger partial charge in [-0.15, -0.1) is 0 Å². The summed E-state index contributed by atoms with van der Waals surface area (Å²) in [6, 6.07) is 0.194. The fraction of sp³-hybridized carbons (Fsp3) is 0.857.